The maximum atomic E-state index is 12.7. The molecule has 1 fully saturated rings. The van der Waals surface area contributed by atoms with Crippen molar-refractivity contribution >= 4 is 23.1 Å². The number of fused-ring (bicyclic) bond motifs is 2. The Morgan fingerprint density at radius 1 is 1.00 bits per heavy atom. The Labute approximate surface area is 174 Å². The van der Waals surface area contributed by atoms with Crippen LogP contribution >= 0.6 is 0 Å². The molecular weight excluding hydrogens is 386 g/mol. The van der Waals surface area contributed by atoms with E-state index in [0.717, 1.165) is 37.6 Å². The molecule has 0 atom stereocenters. The molecule has 1 amide bonds. The second-order valence-electron chi connectivity index (χ2n) is 7.67. The predicted molar refractivity (Wildman–Crippen MR) is 110 cm³/mol. The Balaban J connectivity index is 1.28. The summed E-state index contributed by atoms with van der Waals surface area (Å²) < 4.78 is 16.4. The number of ketones is 1. The molecule has 0 bridgehead atoms. The van der Waals surface area contributed by atoms with Gasteiger partial charge < -0.3 is 24.0 Å². The minimum absolute atomic E-state index is 0.403. The average molecular weight is 410 g/mol. The van der Waals surface area contributed by atoms with Crippen molar-refractivity contribution < 1.29 is 28.7 Å². The van der Waals surface area contributed by atoms with E-state index in [1.165, 1.54) is 4.90 Å². The third kappa shape index (κ3) is 3.23. The third-order valence-electron chi connectivity index (χ3n) is 5.93. The first-order chi connectivity index (χ1) is 14.6. The Bertz CT molecular complexity index is 983. The molecule has 0 aromatic heterocycles. The second-order valence-corrected chi connectivity index (χ2v) is 7.67. The minimum Gasteiger partial charge on any atom is -0.497 e. The van der Waals surface area contributed by atoms with E-state index in [9.17, 15) is 9.59 Å². The average Bonchev–Trinajstić information content (AvgIpc) is 3.02. The van der Waals surface area contributed by atoms with Gasteiger partial charge in [-0.2, -0.15) is 0 Å². The third-order valence-corrected chi connectivity index (χ3v) is 5.93. The lowest BCUT2D eigenvalue weighted by molar-refractivity contribution is -0.899. The standard InChI is InChI=1S/C22H23N3O5/c1-28-16-4-2-15(3-5-16)24-8-6-23(7-9-24)14-25-18-13-20-19(29-10-11-30-20)12-17(18)21(26)22(25)27/h2-5,12-13H,6-11,14H2,1H3/p+1. The number of piperazine rings is 1. The molecule has 1 saturated heterocycles. The van der Waals surface area contributed by atoms with Gasteiger partial charge in [-0.15, -0.1) is 0 Å². The molecule has 0 radical (unpaired) electrons. The monoisotopic (exact) mass is 410 g/mol. The van der Waals surface area contributed by atoms with Gasteiger partial charge in [-0.1, -0.05) is 0 Å². The molecule has 0 spiro atoms. The number of quaternary nitrogens is 1. The fraction of sp³-hybridized carbons (Fsp3) is 0.364. The summed E-state index contributed by atoms with van der Waals surface area (Å²) in [6.07, 6.45) is 0. The number of amides is 1. The van der Waals surface area contributed by atoms with Crippen LogP contribution in [0.3, 0.4) is 0 Å². The van der Waals surface area contributed by atoms with Gasteiger partial charge in [-0.05, 0) is 30.3 Å². The van der Waals surface area contributed by atoms with E-state index in [0.29, 0.717) is 42.6 Å². The van der Waals surface area contributed by atoms with Gasteiger partial charge in [0, 0.05) is 11.8 Å². The summed E-state index contributed by atoms with van der Waals surface area (Å²) in [7, 11) is 1.66. The van der Waals surface area contributed by atoms with E-state index in [4.69, 9.17) is 14.2 Å². The fourth-order valence-electron chi connectivity index (χ4n) is 4.24. The molecule has 8 nitrogen and oxygen atoms in total. The summed E-state index contributed by atoms with van der Waals surface area (Å²) >= 11 is 0. The van der Waals surface area contributed by atoms with Crippen LogP contribution in [-0.2, 0) is 4.79 Å². The van der Waals surface area contributed by atoms with Gasteiger partial charge in [-0.25, -0.2) is 0 Å². The van der Waals surface area contributed by atoms with Crippen LogP contribution in [0.25, 0.3) is 0 Å². The quantitative estimate of drug-likeness (QED) is 0.734. The summed E-state index contributed by atoms with van der Waals surface area (Å²) in [4.78, 5) is 30.4. The Morgan fingerprint density at radius 3 is 2.33 bits per heavy atom. The van der Waals surface area contributed by atoms with Crippen molar-refractivity contribution in [2.45, 2.75) is 0 Å². The lowest BCUT2D eigenvalue weighted by atomic mass is 10.1. The van der Waals surface area contributed by atoms with Crippen molar-refractivity contribution in [1.29, 1.82) is 0 Å². The molecule has 2 aromatic rings. The smallest absolute Gasteiger partial charge is 0.303 e. The van der Waals surface area contributed by atoms with Crippen LogP contribution in [0.2, 0.25) is 0 Å². The number of anilines is 2. The van der Waals surface area contributed by atoms with Crippen molar-refractivity contribution in [2.24, 2.45) is 0 Å². The number of methoxy groups -OCH3 is 1. The number of carbonyl (C=O) groups is 2. The van der Waals surface area contributed by atoms with Crippen molar-refractivity contribution in [3.63, 3.8) is 0 Å². The highest BCUT2D eigenvalue weighted by atomic mass is 16.6. The molecule has 1 N–H and O–H groups in total. The van der Waals surface area contributed by atoms with Crippen LogP contribution in [-0.4, -0.2) is 64.9 Å². The molecule has 0 saturated carbocycles. The van der Waals surface area contributed by atoms with Gasteiger partial charge in [0.1, 0.15) is 19.0 Å². The van der Waals surface area contributed by atoms with Gasteiger partial charge in [0.2, 0.25) is 0 Å². The van der Waals surface area contributed by atoms with Crippen LogP contribution in [0.1, 0.15) is 10.4 Å². The first-order valence-corrected chi connectivity index (χ1v) is 10.2. The maximum Gasteiger partial charge on any atom is 0.303 e. The van der Waals surface area contributed by atoms with E-state index >= 15 is 0 Å². The number of Topliss-reactive ketones (excluding diaryl/α,β-unsaturated/α-hetero) is 1. The molecule has 2 aromatic carbocycles. The van der Waals surface area contributed by atoms with Gasteiger partial charge in [0.15, 0.2) is 18.2 Å². The van der Waals surface area contributed by atoms with Crippen molar-refractivity contribution in [2.75, 3.05) is 63.0 Å². The number of nitrogens with one attached hydrogen (secondary N) is 1. The normalized spacial score (nSPS) is 18.6. The number of ether oxygens (including phenoxy) is 3. The minimum atomic E-state index is -0.475. The zero-order chi connectivity index (χ0) is 20.7. The molecule has 156 valence electrons. The first-order valence-electron chi connectivity index (χ1n) is 10.2. The highest BCUT2D eigenvalue weighted by Crippen LogP contribution is 2.40. The molecule has 3 aliphatic rings. The maximum absolute atomic E-state index is 12.7. The number of nitrogens with zero attached hydrogens (tertiary/aromatic N) is 2. The summed E-state index contributed by atoms with van der Waals surface area (Å²) in [6.45, 7) is 4.89. The molecular formula is C22H24N3O5+. The highest BCUT2D eigenvalue weighted by Gasteiger charge is 2.40. The Kier molecular flexibility index (Phi) is 4.71. The predicted octanol–water partition coefficient (Wildman–Crippen LogP) is 0.358. The van der Waals surface area contributed by atoms with E-state index in [-0.39, 0.29) is 0 Å². The lowest BCUT2D eigenvalue weighted by Crippen LogP contribution is -3.16. The van der Waals surface area contributed by atoms with E-state index in [1.54, 1.807) is 24.1 Å². The Hall–Kier alpha value is -3.26. The molecule has 3 aliphatic heterocycles. The zero-order valence-corrected chi connectivity index (χ0v) is 16.8. The summed E-state index contributed by atoms with van der Waals surface area (Å²) in [5, 5.41) is 0. The molecule has 0 aliphatic carbocycles. The number of hydrogen-bond acceptors (Lipinski definition) is 6. The van der Waals surface area contributed by atoms with Crippen LogP contribution < -0.4 is 28.9 Å². The number of hydrogen-bond donors (Lipinski definition) is 1. The van der Waals surface area contributed by atoms with Gasteiger partial charge >= 0.3 is 5.91 Å². The number of benzene rings is 2. The lowest BCUT2D eigenvalue weighted by Gasteiger charge is -2.35. The van der Waals surface area contributed by atoms with Crippen LogP contribution in [0.5, 0.6) is 17.2 Å². The van der Waals surface area contributed by atoms with Gasteiger partial charge in [-0.3, -0.25) is 14.5 Å². The summed E-state index contributed by atoms with van der Waals surface area (Å²) in [6, 6.07) is 11.5. The molecule has 3 heterocycles. The van der Waals surface area contributed by atoms with Crippen LogP contribution in [0, 0.1) is 0 Å². The summed E-state index contributed by atoms with van der Waals surface area (Å²) in [5.74, 6) is 1.02. The van der Waals surface area contributed by atoms with Gasteiger partial charge in [0.05, 0.1) is 44.5 Å². The van der Waals surface area contributed by atoms with E-state index in [1.807, 2.05) is 12.1 Å². The van der Waals surface area contributed by atoms with E-state index < -0.39 is 11.7 Å². The highest BCUT2D eigenvalue weighted by molar-refractivity contribution is 6.52. The van der Waals surface area contributed by atoms with Crippen molar-refractivity contribution in [1.82, 2.24) is 0 Å². The fourth-order valence-corrected chi connectivity index (χ4v) is 4.24. The zero-order valence-electron chi connectivity index (χ0n) is 16.8. The first kappa shape index (κ1) is 18.7. The van der Waals surface area contributed by atoms with Crippen molar-refractivity contribution in [3.8, 4) is 17.2 Å². The SMILES string of the molecule is COc1ccc(N2CC[NH+](CN3C(=O)C(=O)c4cc5c(cc43)OCCO5)CC2)cc1. The van der Waals surface area contributed by atoms with Crippen LogP contribution in [0.15, 0.2) is 36.4 Å². The van der Waals surface area contributed by atoms with Crippen molar-refractivity contribution in [3.05, 3.63) is 42.0 Å². The van der Waals surface area contributed by atoms with E-state index in [2.05, 4.69) is 17.0 Å². The summed E-state index contributed by atoms with van der Waals surface area (Å²) in [5.41, 5.74) is 2.19. The molecule has 8 heteroatoms. The van der Waals surface area contributed by atoms with Crippen LogP contribution in [0.4, 0.5) is 11.4 Å². The number of carbonyl (C=O) groups excluding carboxylic acids is 2. The molecule has 30 heavy (non-hydrogen) atoms. The van der Waals surface area contributed by atoms with Gasteiger partial charge in [0.25, 0.3) is 5.78 Å². The Morgan fingerprint density at radius 2 is 1.67 bits per heavy atom. The molecule has 0 unspecified atom stereocenters. The topological polar surface area (TPSA) is 72.8 Å². The largest absolute Gasteiger partial charge is 0.497 e. The second kappa shape index (κ2) is 7.53. The molecule has 5 rings (SSSR count). The number of rotatable bonds is 4.